The van der Waals surface area contributed by atoms with E-state index in [-0.39, 0.29) is 5.75 Å². The molecule has 1 saturated heterocycles. The summed E-state index contributed by atoms with van der Waals surface area (Å²) in [5.74, 6) is 2.61. The number of benzene rings is 1. The van der Waals surface area contributed by atoms with Crippen LogP contribution in [-0.2, 0) is 9.84 Å². The van der Waals surface area contributed by atoms with E-state index in [0.29, 0.717) is 21.6 Å². The summed E-state index contributed by atoms with van der Waals surface area (Å²) in [5, 5.41) is 3.76. The second-order valence-electron chi connectivity index (χ2n) is 4.37. The molecule has 0 aliphatic carbocycles. The molecule has 0 bridgehead atoms. The van der Waals surface area contributed by atoms with Crippen molar-refractivity contribution in [3.05, 3.63) is 29.3 Å². The maximum atomic E-state index is 12.0. The monoisotopic (exact) mass is 305 g/mol. The molecule has 0 amide bonds. The Morgan fingerprint density at radius 3 is 2.50 bits per heavy atom. The molecule has 100 valence electrons. The predicted octanol–water partition coefficient (Wildman–Crippen LogP) is 2.07. The highest BCUT2D eigenvalue weighted by molar-refractivity contribution is 8.00. The van der Waals surface area contributed by atoms with Crippen LogP contribution in [0.25, 0.3) is 0 Å². The molecule has 1 aromatic rings. The van der Waals surface area contributed by atoms with Crippen molar-refractivity contribution < 1.29 is 8.42 Å². The topological polar surface area (TPSA) is 46.2 Å². The minimum absolute atomic E-state index is 0.194. The van der Waals surface area contributed by atoms with Crippen LogP contribution in [0.4, 0.5) is 0 Å². The molecular formula is C12H16ClNO2S2. The second-order valence-corrected chi connectivity index (χ2v) is 8.07. The second kappa shape index (κ2) is 6.28. The molecule has 1 fully saturated rings. The first-order valence-electron chi connectivity index (χ1n) is 5.85. The normalized spacial score (nSPS) is 16.5. The summed E-state index contributed by atoms with van der Waals surface area (Å²) >= 11 is 7.46. The van der Waals surface area contributed by atoms with Gasteiger partial charge in [0, 0.05) is 10.8 Å². The van der Waals surface area contributed by atoms with Crippen LogP contribution in [-0.4, -0.2) is 38.8 Å². The highest BCUT2D eigenvalue weighted by Crippen LogP contribution is 2.18. The van der Waals surface area contributed by atoms with Gasteiger partial charge in [0.1, 0.15) is 0 Å². The molecule has 0 spiro atoms. The van der Waals surface area contributed by atoms with E-state index in [1.807, 2.05) is 0 Å². The standard InChI is InChI=1S/C12H16ClNO2S2/c13-11-1-3-12(4-2-11)18(15,16)6-5-17-9-10-7-14-8-10/h1-4,10,14H,5-9H2. The van der Waals surface area contributed by atoms with E-state index < -0.39 is 9.84 Å². The summed E-state index contributed by atoms with van der Waals surface area (Å²) in [6.07, 6.45) is 0. The van der Waals surface area contributed by atoms with Gasteiger partial charge in [0.15, 0.2) is 9.84 Å². The molecule has 1 heterocycles. The van der Waals surface area contributed by atoms with E-state index in [4.69, 9.17) is 11.6 Å². The first-order chi connectivity index (χ1) is 8.58. The summed E-state index contributed by atoms with van der Waals surface area (Å²) in [6.45, 7) is 2.13. The molecular weight excluding hydrogens is 290 g/mol. The number of hydrogen-bond acceptors (Lipinski definition) is 4. The largest absolute Gasteiger partial charge is 0.316 e. The smallest absolute Gasteiger partial charge is 0.179 e. The molecule has 2 rings (SSSR count). The van der Waals surface area contributed by atoms with Gasteiger partial charge >= 0.3 is 0 Å². The van der Waals surface area contributed by atoms with Crippen LogP contribution in [0.15, 0.2) is 29.2 Å². The Balaban J connectivity index is 1.81. The van der Waals surface area contributed by atoms with Crippen LogP contribution in [0.1, 0.15) is 0 Å². The number of hydrogen-bond donors (Lipinski definition) is 1. The molecule has 1 aromatic carbocycles. The van der Waals surface area contributed by atoms with Gasteiger partial charge in [-0.3, -0.25) is 0 Å². The Bertz CT molecular complexity index is 483. The molecule has 0 atom stereocenters. The molecule has 1 aliphatic rings. The van der Waals surface area contributed by atoms with Gasteiger partial charge in [0.25, 0.3) is 0 Å². The van der Waals surface area contributed by atoms with Gasteiger partial charge in [-0.1, -0.05) is 11.6 Å². The molecule has 1 N–H and O–H groups in total. The van der Waals surface area contributed by atoms with Crippen molar-refractivity contribution in [1.82, 2.24) is 5.32 Å². The first kappa shape index (κ1) is 14.2. The number of thioether (sulfide) groups is 1. The maximum absolute atomic E-state index is 12.0. The van der Waals surface area contributed by atoms with Crippen molar-refractivity contribution in [2.75, 3.05) is 30.3 Å². The van der Waals surface area contributed by atoms with Crippen LogP contribution in [0, 0.1) is 5.92 Å². The van der Waals surface area contributed by atoms with E-state index in [0.717, 1.165) is 18.8 Å². The van der Waals surface area contributed by atoms with Crippen LogP contribution < -0.4 is 5.32 Å². The van der Waals surface area contributed by atoms with Crippen molar-refractivity contribution in [2.45, 2.75) is 4.90 Å². The lowest BCUT2D eigenvalue weighted by Gasteiger charge is -2.26. The van der Waals surface area contributed by atoms with Crippen LogP contribution in [0.2, 0.25) is 5.02 Å². The molecule has 18 heavy (non-hydrogen) atoms. The SMILES string of the molecule is O=S(=O)(CCSCC1CNC1)c1ccc(Cl)cc1. The number of halogens is 1. The molecule has 3 nitrogen and oxygen atoms in total. The fraction of sp³-hybridized carbons (Fsp3) is 0.500. The van der Waals surface area contributed by atoms with Crippen molar-refractivity contribution in [1.29, 1.82) is 0 Å². The summed E-state index contributed by atoms with van der Waals surface area (Å²) in [4.78, 5) is 0.359. The minimum Gasteiger partial charge on any atom is -0.316 e. The number of rotatable bonds is 6. The summed E-state index contributed by atoms with van der Waals surface area (Å²) in [7, 11) is -3.16. The molecule has 0 aromatic heterocycles. The van der Waals surface area contributed by atoms with Crippen molar-refractivity contribution >= 4 is 33.2 Å². The summed E-state index contributed by atoms with van der Waals surface area (Å²) in [6, 6.07) is 6.36. The van der Waals surface area contributed by atoms with Gasteiger partial charge in [-0.2, -0.15) is 11.8 Å². The third-order valence-corrected chi connectivity index (χ3v) is 6.33. The zero-order valence-electron chi connectivity index (χ0n) is 9.93. The van der Waals surface area contributed by atoms with Gasteiger partial charge < -0.3 is 5.32 Å². The summed E-state index contributed by atoms with van der Waals surface area (Å²) < 4.78 is 24.0. The van der Waals surface area contributed by atoms with E-state index in [1.54, 1.807) is 36.0 Å². The van der Waals surface area contributed by atoms with Crippen molar-refractivity contribution in [3.63, 3.8) is 0 Å². The lowest BCUT2D eigenvalue weighted by molar-refractivity contribution is 0.385. The lowest BCUT2D eigenvalue weighted by Crippen LogP contribution is -2.43. The van der Waals surface area contributed by atoms with E-state index in [2.05, 4.69) is 5.32 Å². The zero-order chi connectivity index (χ0) is 13.0. The van der Waals surface area contributed by atoms with Crippen LogP contribution in [0.5, 0.6) is 0 Å². The maximum Gasteiger partial charge on any atom is 0.179 e. The van der Waals surface area contributed by atoms with Crippen LogP contribution >= 0.6 is 23.4 Å². The van der Waals surface area contributed by atoms with Gasteiger partial charge in [-0.15, -0.1) is 0 Å². The van der Waals surface area contributed by atoms with Gasteiger partial charge in [-0.05, 0) is 49.0 Å². The molecule has 0 saturated carbocycles. The van der Waals surface area contributed by atoms with Crippen molar-refractivity contribution in [2.24, 2.45) is 5.92 Å². The third-order valence-electron chi connectivity index (χ3n) is 2.89. The lowest BCUT2D eigenvalue weighted by atomic mass is 10.1. The van der Waals surface area contributed by atoms with Crippen LogP contribution in [0.3, 0.4) is 0 Å². The Morgan fingerprint density at radius 2 is 1.94 bits per heavy atom. The fourth-order valence-corrected chi connectivity index (χ4v) is 4.64. The molecule has 0 radical (unpaired) electrons. The first-order valence-corrected chi connectivity index (χ1v) is 9.03. The number of nitrogens with one attached hydrogen (secondary N) is 1. The van der Waals surface area contributed by atoms with Crippen molar-refractivity contribution in [3.8, 4) is 0 Å². The average Bonchev–Trinajstić information content (AvgIpc) is 2.27. The number of sulfone groups is 1. The van der Waals surface area contributed by atoms with E-state index in [9.17, 15) is 8.42 Å². The molecule has 1 aliphatic heterocycles. The Labute approximate surface area is 117 Å². The summed E-state index contributed by atoms with van der Waals surface area (Å²) in [5.41, 5.74) is 0. The quantitative estimate of drug-likeness (QED) is 0.817. The highest BCUT2D eigenvalue weighted by Gasteiger charge is 2.18. The predicted molar refractivity (Wildman–Crippen MR) is 77.2 cm³/mol. The van der Waals surface area contributed by atoms with Gasteiger partial charge in [-0.25, -0.2) is 8.42 Å². The van der Waals surface area contributed by atoms with Gasteiger partial charge in [0.05, 0.1) is 10.6 Å². The fourth-order valence-electron chi connectivity index (χ4n) is 1.64. The highest BCUT2D eigenvalue weighted by atomic mass is 35.5. The average molecular weight is 306 g/mol. The molecule has 0 unspecified atom stereocenters. The van der Waals surface area contributed by atoms with Gasteiger partial charge in [0.2, 0.25) is 0 Å². The Kier molecular flexibility index (Phi) is 4.95. The third kappa shape index (κ3) is 3.88. The molecule has 6 heteroatoms. The van der Waals surface area contributed by atoms with E-state index in [1.165, 1.54) is 0 Å². The zero-order valence-corrected chi connectivity index (χ0v) is 12.3. The Morgan fingerprint density at radius 1 is 1.28 bits per heavy atom. The Hall–Kier alpha value is -0.230. The van der Waals surface area contributed by atoms with E-state index >= 15 is 0 Å². The minimum atomic E-state index is -3.16.